The Morgan fingerprint density at radius 1 is 1.25 bits per heavy atom. The van der Waals surface area contributed by atoms with Gasteiger partial charge in [0.2, 0.25) is 0 Å². The minimum absolute atomic E-state index is 0.201. The average molecular weight is 242 g/mol. The first-order valence-electron chi connectivity index (χ1n) is 6.28. The van der Waals surface area contributed by atoms with Gasteiger partial charge in [0.25, 0.3) is 0 Å². The molecule has 1 saturated carbocycles. The third kappa shape index (κ3) is 2.31. The normalized spacial score (nSPS) is 25.2. The van der Waals surface area contributed by atoms with E-state index in [9.17, 15) is 4.79 Å². The van der Waals surface area contributed by atoms with Crippen molar-refractivity contribution in [1.29, 1.82) is 0 Å². The first-order chi connectivity index (χ1) is 7.67. The number of rotatable bonds is 3. The maximum Gasteiger partial charge on any atom is 0.319 e. The fourth-order valence-electron chi connectivity index (χ4n) is 2.92. The van der Waals surface area contributed by atoms with Crippen LogP contribution in [0.2, 0.25) is 0 Å². The minimum Gasteiger partial charge on any atom is -0.326 e. The summed E-state index contributed by atoms with van der Waals surface area (Å²) in [4.78, 5) is 15.7. The minimum atomic E-state index is 0.201. The lowest BCUT2D eigenvalue weighted by Crippen LogP contribution is -2.42. The second-order valence-corrected chi connectivity index (χ2v) is 5.66. The van der Waals surface area contributed by atoms with Crippen molar-refractivity contribution in [3.63, 3.8) is 0 Å². The van der Waals surface area contributed by atoms with Gasteiger partial charge in [0, 0.05) is 26.7 Å². The number of hydrogen-bond donors (Lipinski definition) is 1. The van der Waals surface area contributed by atoms with Crippen LogP contribution in [0.4, 0.5) is 4.79 Å². The second kappa shape index (κ2) is 4.86. The van der Waals surface area contributed by atoms with Crippen molar-refractivity contribution < 1.29 is 4.79 Å². The highest BCUT2D eigenvalue weighted by Crippen LogP contribution is 2.38. The van der Waals surface area contributed by atoms with E-state index < -0.39 is 0 Å². The third-order valence-electron chi connectivity index (χ3n) is 4.08. The van der Waals surface area contributed by atoms with Crippen LogP contribution in [0.25, 0.3) is 0 Å². The van der Waals surface area contributed by atoms with Gasteiger partial charge in [-0.15, -0.1) is 0 Å². The number of hydrogen-bond acceptors (Lipinski definition) is 2. The quantitative estimate of drug-likeness (QED) is 0.754. The van der Waals surface area contributed by atoms with E-state index in [0.29, 0.717) is 5.41 Å². The molecule has 0 spiro atoms. The average Bonchev–Trinajstić information content (AvgIpc) is 2.62. The summed E-state index contributed by atoms with van der Waals surface area (Å²) < 4.78 is 0. The van der Waals surface area contributed by atoms with Gasteiger partial charge in [-0.1, -0.05) is 19.3 Å². The van der Waals surface area contributed by atoms with Gasteiger partial charge in [-0.2, -0.15) is 12.6 Å². The predicted molar refractivity (Wildman–Crippen MR) is 69.0 cm³/mol. The van der Waals surface area contributed by atoms with Crippen LogP contribution in [-0.4, -0.2) is 48.3 Å². The van der Waals surface area contributed by atoms with Crippen LogP contribution in [0.5, 0.6) is 0 Å². The Hall–Kier alpha value is -0.380. The van der Waals surface area contributed by atoms with Gasteiger partial charge in [-0.25, -0.2) is 4.79 Å². The second-order valence-electron chi connectivity index (χ2n) is 5.34. The molecular weight excluding hydrogens is 220 g/mol. The zero-order valence-corrected chi connectivity index (χ0v) is 11.0. The fourth-order valence-corrected chi connectivity index (χ4v) is 3.34. The van der Waals surface area contributed by atoms with E-state index >= 15 is 0 Å². The Bertz CT molecular complexity index is 264. The fraction of sp³-hybridized carbons (Fsp3) is 0.917. The molecule has 0 bridgehead atoms. The molecule has 0 N–H and O–H groups in total. The van der Waals surface area contributed by atoms with Crippen molar-refractivity contribution in [2.45, 2.75) is 32.1 Å². The molecule has 16 heavy (non-hydrogen) atoms. The highest BCUT2D eigenvalue weighted by Gasteiger charge is 2.36. The molecule has 1 aliphatic heterocycles. The molecule has 1 heterocycles. The van der Waals surface area contributed by atoms with Crippen molar-refractivity contribution >= 4 is 18.7 Å². The molecule has 0 aromatic heterocycles. The maximum atomic E-state index is 11.9. The van der Waals surface area contributed by atoms with E-state index in [1.54, 1.807) is 0 Å². The van der Waals surface area contributed by atoms with Crippen molar-refractivity contribution in [2.75, 3.05) is 32.4 Å². The van der Waals surface area contributed by atoms with Gasteiger partial charge in [0.15, 0.2) is 0 Å². The van der Waals surface area contributed by atoms with Crippen molar-refractivity contribution in [3.8, 4) is 0 Å². The summed E-state index contributed by atoms with van der Waals surface area (Å²) in [5.74, 6) is 0.917. The van der Waals surface area contributed by atoms with Crippen molar-refractivity contribution in [3.05, 3.63) is 0 Å². The van der Waals surface area contributed by atoms with Crippen LogP contribution in [0, 0.1) is 5.41 Å². The Morgan fingerprint density at radius 2 is 1.94 bits per heavy atom. The molecular formula is C12H22N2OS. The summed E-state index contributed by atoms with van der Waals surface area (Å²) in [5.41, 5.74) is 0.294. The first kappa shape index (κ1) is 12.1. The molecule has 2 aliphatic rings. The number of carbonyl (C=O) groups excluding carboxylic acids is 1. The third-order valence-corrected chi connectivity index (χ3v) is 4.75. The summed E-state index contributed by atoms with van der Waals surface area (Å²) in [6, 6.07) is 0.201. The number of nitrogens with zero attached hydrogens (tertiary/aromatic N) is 2. The number of amides is 2. The largest absolute Gasteiger partial charge is 0.326 e. The Kier molecular flexibility index (Phi) is 3.67. The van der Waals surface area contributed by atoms with E-state index in [1.807, 2.05) is 16.8 Å². The number of thiol groups is 1. The van der Waals surface area contributed by atoms with E-state index in [1.165, 1.54) is 32.1 Å². The topological polar surface area (TPSA) is 23.6 Å². The molecule has 4 heteroatoms. The lowest BCUT2D eigenvalue weighted by Gasteiger charge is -2.38. The number of likely N-dealkylation sites (N-methyl/N-ethyl adjacent to an activating group) is 1. The Balaban J connectivity index is 1.98. The molecule has 0 unspecified atom stereocenters. The van der Waals surface area contributed by atoms with Gasteiger partial charge in [0.05, 0.1) is 0 Å². The van der Waals surface area contributed by atoms with Crippen LogP contribution in [0.3, 0.4) is 0 Å². The molecule has 1 saturated heterocycles. The smallest absolute Gasteiger partial charge is 0.319 e. The molecule has 0 atom stereocenters. The highest BCUT2D eigenvalue weighted by atomic mass is 32.1. The van der Waals surface area contributed by atoms with Crippen LogP contribution >= 0.6 is 12.6 Å². The number of urea groups is 1. The predicted octanol–water partition coefficient (Wildman–Crippen LogP) is 2.23. The molecule has 0 aromatic carbocycles. The summed E-state index contributed by atoms with van der Waals surface area (Å²) in [6.45, 7) is 2.69. The summed E-state index contributed by atoms with van der Waals surface area (Å²) >= 11 is 4.52. The molecule has 2 rings (SSSR count). The zero-order chi connectivity index (χ0) is 11.6. The Labute approximate surface area is 104 Å². The molecule has 0 aromatic rings. The monoisotopic (exact) mass is 242 g/mol. The van der Waals surface area contributed by atoms with Crippen LogP contribution in [0.1, 0.15) is 32.1 Å². The van der Waals surface area contributed by atoms with Gasteiger partial charge >= 0.3 is 6.03 Å². The van der Waals surface area contributed by atoms with E-state index in [0.717, 1.165) is 25.4 Å². The molecule has 2 amide bonds. The molecule has 3 nitrogen and oxygen atoms in total. The van der Waals surface area contributed by atoms with Gasteiger partial charge in [0.1, 0.15) is 0 Å². The lowest BCUT2D eigenvalue weighted by molar-refractivity contribution is 0.143. The van der Waals surface area contributed by atoms with Crippen molar-refractivity contribution in [2.24, 2.45) is 5.41 Å². The van der Waals surface area contributed by atoms with Gasteiger partial charge < -0.3 is 9.80 Å². The maximum absolute atomic E-state index is 11.9. The zero-order valence-electron chi connectivity index (χ0n) is 10.1. The standard InChI is InChI=1S/C12H22N2OS/c1-13-7-8-14(11(13)15)9-12(10-16)5-3-2-4-6-12/h16H,2-10H2,1H3. The van der Waals surface area contributed by atoms with E-state index in [4.69, 9.17) is 0 Å². The van der Waals surface area contributed by atoms with Crippen LogP contribution in [0.15, 0.2) is 0 Å². The molecule has 0 radical (unpaired) electrons. The number of carbonyl (C=O) groups is 1. The molecule has 92 valence electrons. The van der Waals surface area contributed by atoms with Gasteiger partial charge in [-0.3, -0.25) is 0 Å². The summed E-state index contributed by atoms with van der Waals surface area (Å²) in [5, 5.41) is 0. The van der Waals surface area contributed by atoms with Crippen LogP contribution < -0.4 is 0 Å². The SMILES string of the molecule is CN1CCN(CC2(CS)CCCCC2)C1=O. The highest BCUT2D eigenvalue weighted by molar-refractivity contribution is 7.80. The van der Waals surface area contributed by atoms with Gasteiger partial charge in [-0.05, 0) is 24.0 Å². The summed E-state index contributed by atoms with van der Waals surface area (Å²) in [6.07, 6.45) is 6.44. The molecule has 2 fully saturated rings. The van der Waals surface area contributed by atoms with Crippen molar-refractivity contribution in [1.82, 2.24) is 9.80 Å². The summed E-state index contributed by atoms with van der Waals surface area (Å²) in [7, 11) is 1.89. The van der Waals surface area contributed by atoms with E-state index in [-0.39, 0.29) is 6.03 Å². The molecule has 1 aliphatic carbocycles. The lowest BCUT2D eigenvalue weighted by atomic mass is 9.75. The first-order valence-corrected chi connectivity index (χ1v) is 6.91. The van der Waals surface area contributed by atoms with E-state index in [2.05, 4.69) is 12.6 Å². The Morgan fingerprint density at radius 3 is 2.44 bits per heavy atom. The van der Waals surface area contributed by atoms with Crippen LogP contribution in [-0.2, 0) is 0 Å².